The van der Waals surface area contributed by atoms with Gasteiger partial charge in [-0.15, -0.1) is 12.8 Å². The Kier molecular flexibility index (Phi) is 20.6. The number of carbonyl (C=O) groups is 4. The highest BCUT2D eigenvalue weighted by atomic mass is 16.6. The zero-order chi connectivity index (χ0) is 83.9. The number of anilines is 2. The molecule has 0 radical (unpaired) electrons. The van der Waals surface area contributed by atoms with Crippen molar-refractivity contribution in [2.75, 3.05) is 9.80 Å². The quantitative estimate of drug-likeness (QED) is 0.0347. The predicted molar refractivity (Wildman–Crippen MR) is 462 cm³/mol. The third-order valence-corrected chi connectivity index (χ3v) is 24.7. The third-order valence-electron chi connectivity index (χ3n) is 24.7. The van der Waals surface area contributed by atoms with Gasteiger partial charge in [-0.25, -0.2) is 49.7 Å². The van der Waals surface area contributed by atoms with E-state index in [1.807, 2.05) is 72.8 Å². The second-order valence-electron chi connectivity index (χ2n) is 32.9. The van der Waals surface area contributed by atoms with E-state index in [1.54, 1.807) is 52.0 Å². The number of terminal acetylenes is 2. The molecule has 22 heteroatoms. The van der Waals surface area contributed by atoms with Crippen LogP contribution in [0.3, 0.4) is 0 Å². The largest absolute Gasteiger partial charge is 0.434 e. The highest BCUT2D eigenvalue weighted by Crippen LogP contribution is 2.60. The lowest BCUT2D eigenvalue weighted by Gasteiger charge is -2.30. The van der Waals surface area contributed by atoms with E-state index in [9.17, 15) is 0 Å². The Bertz CT molecular complexity index is 5780. The highest BCUT2D eigenvalue weighted by Gasteiger charge is 2.47. The number of hydrogen-bond donors (Lipinski definition) is 0. The molecule has 22 nitrogen and oxygen atoms in total. The van der Waals surface area contributed by atoms with Crippen molar-refractivity contribution < 1.29 is 57.1 Å². The number of nitrogens with zero attached hydrogens (tertiary/aromatic N) is 10. The molecule has 8 bridgehead atoms. The maximum absolute atomic E-state index is 15.4. The molecule has 4 amide bonds. The van der Waals surface area contributed by atoms with Gasteiger partial charge in [0.2, 0.25) is 0 Å². The molecule has 19 rings (SSSR count). The molecule has 0 N–H and O–H groups in total. The third kappa shape index (κ3) is 13.8. The van der Waals surface area contributed by atoms with Gasteiger partial charge in [0, 0.05) is 104 Å². The molecule has 10 heterocycles. The Morgan fingerprint density at radius 3 is 0.689 bits per heavy atom. The van der Waals surface area contributed by atoms with Crippen LogP contribution in [0.4, 0.5) is 11.4 Å². The second-order valence-corrected chi connectivity index (χ2v) is 32.9. The minimum absolute atomic E-state index is 0.0252. The minimum Gasteiger partial charge on any atom is -0.434 e. The molecular weight excluding hydrogens is 1530 g/mol. The topological polar surface area (TPSA) is 252 Å². The fourth-order valence-electron chi connectivity index (χ4n) is 18.8. The van der Waals surface area contributed by atoms with Crippen LogP contribution in [0.1, 0.15) is 300 Å². The zero-order valence-corrected chi connectivity index (χ0v) is 69.5. The van der Waals surface area contributed by atoms with Crippen molar-refractivity contribution in [1.29, 1.82) is 0 Å². The lowest BCUT2D eigenvalue weighted by molar-refractivity contribution is 0.0907. The molecule has 122 heavy (non-hydrogen) atoms. The SMILES string of the molecule is C#Cc1cc(C)c(N2C(=O)c3nc4c(nc3C2=O)Oc2cc3c5cc2C(CCCCCC)c2cc6c(cc2O4)Oc2nc4ccccc4nc2Oc2cc4c(cc2C6CCCCCC)C(CCCCCC)c2cc(c(cc2Oc2nc6c(nc2O4)C(=O)N(c2c(C)cc(C#C)cc2C)C6=O)Oc2nc4ccccc4nc2O3)C5CCCCCC)c(C)c1. The van der Waals surface area contributed by atoms with Gasteiger partial charge in [0.25, 0.3) is 70.7 Å². The number of ether oxygens (including phenoxy) is 8. The van der Waals surface area contributed by atoms with Gasteiger partial charge in [-0.1, -0.05) is 167 Å². The van der Waals surface area contributed by atoms with Crippen LogP contribution >= 0.6 is 0 Å². The maximum Gasteiger partial charge on any atom is 0.286 e. The summed E-state index contributed by atoms with van der Waals surface area (Å²) in [4.78, 5) is 105. The molecule has 0 saturated heterocycles. The molecule has 7 aliphatic rings. The summed E-state index contributed by atoms with van der Waals surface area (Å²) in [5.74, 6) is 2.06. The summed E-state index contributed by atoms with van der Waals surface area (Å²) in [6.07, 6.45) is 28.4. The van der Waals surface area contributed by atoms with E-state index < -0.39 is 47.3 Å². The van der Waals surface area contributed by atoms with Crippen molar-refractivity contribution in [2.45, 2.75) is 207 Å². The van der Waals surface area contributed by atoms with E-state index >= 15 is 19.2 Å². The van der Waals surface area contributed by atoms with Crippen LogP contribution in [0.5, 0.6) is 93.0 Å². The number of carbonyl (C=O) groups excluding carboxylic acids is 4. The molecule has 4 aromatic heterocycles. The summed E-state index contributed by atoms with van der Waals surface area (Å²) in [5, 5.41) is 0. The van der Waals surface area contributed by atoms with Gasteiger partial charge in [-0.2, -0.15) is 0 Å². The van der Waals surface area contributed by atoms with Crippen LogP contribution in [-0.2, 0) is 0 Å². The molecule has 0 atom stereocenters. The number of fused-ring (bicyclic) bond motifs is 8. The molecule has 1 aliphatic carbocycles. The fourth-order valence-corrected chi connectivity index (χ4v) is 18.8. The normalized spacial score (nSPS) is 16.4. The van der Waals surface area contributed by atoms with Crippen molar-refractivity contribution >= 4 is 57.1 Å². The first-order chi connectivity index (χ1) is 59.5. The Morgan fingerprint density at radius 1 is 0.287 bits per heavy atom. The average molecular weight is 1620 g/mol. The molecule has 612 valence electrons. The first kappa shape index (κ1) is 78.3. The van der Waals surface area contributed by atoms with Gasteiger partial charge in [0.05, 0.1) is 33.4 Å². The first-order valence-corrected chi connectivity index (χ1v) is 42.9. The number of unbranched alkanes of at least 4 members (excludes halogenated alkanes) is 12. The Balaban J connectivity index is 0.951. The van der Waals surface area contributed by atoms with Crippen molar-refractivity contribution in [3.05, 3.63) is 222 Å². The molecule has 0 spiro atoms. The minimum atomic E-state index is -0.720. The number of para-hydroxylation sites is 4. The maximum atomic E-state index is 15.4. The van der Waals surface area contributed by atoms with Crippen molar-refractivity contribution in [1.82, 2.24) is 39.9 Å². The number of aromatic nitrogens is 8. The first-order valence-electron chi connectivity index (χ1n) is 42.9. The van der Waals surface area contributed by atoms with Gasteiger partial charge >= 0.3 is 0 Å². The summed E-state index contributed by atoms with van der Waals surface area (Å²) in [7, 11) is 0. The summed E-state index contributed by atoms with van der Waals surface area (Å²) >= 11 is 0. The van der Waals surface area contributed by atoms with Gasteiger partial charge in [-0.3, -0.25) is 19.2 Å². The van der Waals surface area contributed by atoms with Crippen LogP contribution in [0.15, 0.2) is 121 Å². The molecule has 0 saturated carbocycles. The summed E-state index contributed by atoms with van der Waals surface area (Å²) in [6, 6.07) is 38.5. The van der Waals surface area contributed by atoms with E-state index in [2.05, 4.69) is 63.8 Å². The number of benzene rings is 8. The lowest BCUT2D eigenvalue weighted by atomic mass is 9.76. The van der Waals surface area contributed by atoms with Gasteiger partial charge in [0.1, 0.15) is 46.0 Å². The van der Waals surface area contributed by atoms with E-state index in [1.165, 1.54) is 0 Å². The Hall–Kier alpha value is -13.6. The fraction of sp³-hybridized carbons (Fsp3) is 0.320. The highest BCUT2D eigenvalue weighted by molar-refractivity contribution is 6.34. The molecule has 12 aromatic rings. The van der Waals surface area contributed by atoms with E-state index in [-0.39, 0.29) is 69.8 Å². The second kappa shape index (κ2) is 32.2. The van der Waals surface area contributed by atoms with Crippen molar-refractivity contribution in [3.63, 3.8) is 0 Å². The Labute approximate surface area is 707 Å². The van der Waals surface area contributed by atoms with Crippen LogP contribution in [0.2, 0.25) is 0 Å². The standard InChI is InChI=1S/C100H90N10O12/c1-11-17-21-25-33-59-63-45-67-61(35-27-23-19-13-3)69-47-65-60(34-26-22-18-12-2)66-48-70-62(36-28-24-20-14-4)68-46-64(59)76-50-80(68)120-94-96(108-86-84(106-94)98(112)110(100(86)114)88-55(9)43-58(16-6)44-56(88)10)122-82(70)52-78(66)118-92-91(103-73-39-31-32-40-74(73)104-92)117-77(65)51-81(69)121-95-93(119-79(67)49-75(63)115-89-90(116-76)102-72-38-30-29-37-71(72)101-89)105-83-85(107-95)99(113)109(97(83)111)87-53(7)41-57(15-5)42-54(87)8/h5-6,29-32,37-52,59-62H,11-14,17-28,33-36H2,1-4,7-10H3. The number of amides is 4. The van der Waals surface area contributed by atoms with Gasteiger partial charge in [-0.05, 0) is 148 Å². The molecule has 8 aromatic carbocycles. The zero-order valence-electron chi connectivity index (χ0n) is 69.5. The molecule has 0 unspecified atom stereocenters. The van der Waals surface area contributed by atoms with Crippen molar-refractivity contribution in [2.24, 2.45) is 0 Å². The van der Waals surface area contributed by atoms with E-state index in [0.717, 1.165) is 157 Å². The smallest absolute Gasteiger partial charge is 0.286 e. The molecule has 0 fully saturated rings. The number of imide groups is 2. The molecular formula is C100H90N10O12. The number of hydrogen-bond acceptors (Lipinski definition) is 20. The lowest BCUT2D eigenvalue weighted by Crippen LogP contribution is -2.31. The van der Waals surface area contributed by atoms with E-state index in [0.29, 0.717) is 139 Å². The summed E-state index contributed by atoms with van der Waals surface area (Å²) < 4.78 is 60.1. The van der Waals surface area contributed by atoms with Gasteiger partial charge in [0.15, 0.2) is 22.8 Å². The van der Waals surface area contributed by atoms with Crippen LogP contribution in [-0.4, -0.2) is 63.5 Å². The summed E-state index contributed by atoms with van der Waals surface area (Å²) in [6.45, 7) is 16.0. The number of aryl methyl sites for hydroxylation is 4. The monoisotopic (exact) mass is 1620 g/mol. The summed E-state index contributed by atoms with van der Waals surface area (Å²) in [5.41, 5.74) is 11.3. The van der Waals surface area contributed by atoms with Crippen LogP contribution in [0, 0.1) is 52.4 Å². The van der Waals surface area contributed by atoms with Crippen LogP contribution in [0.25, 0.3) is 22.1 Å². The number of rotatable bonds is 22. The molecule has 6 aliphatic heterocycles. The average Bonchev–Trinajstić information content (AvgIpc) is 1.67. The Morgan fingerprint density at radius 2 is 0.492 bits per heavy atom. The predicted octanol–water partition coefficient (Wildman–Crippen LogP) is 24.3. The van der Waals surface area contributed by atoms with Crippen molar-refractivity contribution in [3.8, 4) is 118 Å². The van der Waals surface area contributed by atoms with E-state index in [4.69, 9.17) is 90.6 Å². The van der Waals surface area contributed by atoms with Gasteiger partial charge < -0.3 is 37.9 Å². The van der Waals surface area contributed by atoms with Crippen LogP contribution < -0.4 is 47.7 Å².